The topological polar surface area (TPSA) is 79.7 Å². The Labute approximate surface area is 161 Å². The molecule has 1 fully saturated rings. The molecule has 0 radical (unpaired) electrons. The highest BCUT2D eigenvalue weighted by atomic mass is 32.1. The lowest BCUT2D eigenvalue weighted by molar-refractivity contribution is -0.384. The number of rotatable bonds is 6. The zero-order valence-corrected chi connectivity index (χ0v) is 15.7. The summed E-state index contributed by atoms with van der Waals surface area (Å²) in [6, 6.07) is 10.6. The van der Waals surface area contributed by atoms with Gasteiger partial charge in [0.2, 0.25) is 0 Å². The van der Waals surface area contributed by atoms with E-state index in [0.717, 1.165) is 26.3 Å². The number of benzene rings is 1. The van der Waals surface area contributed by atoms with E-state index < -0.39 is 4.92 Å². The number of hydrogen-bond acceptors (Lipinski definition) is 6. The van der Waals surface area contributed by atoms with Crippen LogP contribution in [-0.2, 0) is 4.74 Å². The minimum atomic E-state index is -0.422. The number of morpholine rings is 1. The molecule has 1 saturated heterocycles. The van der Waals surface area contributed by atoms with E-state index >= 15 is 0 Å². The molecule has 0 unspecified atom stereocenters. The number of ether oxygens (including phenoxy) is 1. The Kier molecular flexibility index (Phi) is 6.51. The number of nitro benzene ring substituents is 1. The lowest BCUT2D eigenvalue weighted by Crippen LogP contribution is -2.44. The quantitative estimate of drug-likeness (QED) is 0.444. The minimum absolute atomic E-state index is 0.0551. The van der Waals surface area contributed by atoms with E-state index in [1.165, 1.54) is 17.0 Å². The predicted octanol–water partition coefficient (Wildman–Crippen LogP) is 3.02. The third kappa shape index (κ3) is 4.98. The normalized spacial score (nSPS) is 16.0. The van der Waals surface area contributed by atoms with Crippen molar-refractivity contribution >= 4 is 40.0 Å². The first-order chi connectivity index (χ1) is 12.6. The number of thiocarbonyl (C=S) groups is 1. The van der Waals surface area contributed by atoms with Gasteiger partial charge in [0, 0.05) is 42.3 Å². The summed E-state index contributed by atoms with van der Waals surface area (Å²) in [6.07, 6.45) is 0. The van der Waals surface area contributed by atoms with E-state index in [9.17, 15) is 10.1 Å². The molecular weight excluding hydrogens is 372 g/mol. The van der Waals surface area contributed by atoms with Gasteiger partial charge >= 0.3 is 0 Å². The summed E-state index contributed by atoms with van der Waals surface area (Å²) in [5.41, 5.74) is 0.770. The molecule has 1 aliphatic heterocycles. The molecule has 0 amide bonds. The number of hydrogen-bond donors (Lipinski definition) is 2. The molecule has 9 heteroatoms. The molecule has 1 aliphatic rings. The lowest BCUT2D eigenvalue weighted by Gasteiger charge is -2.34. The van der Waals surface area contributed by atoms with E-state index in [0.29, 0.717) is 17.3 Å². The summed E-state index contributed by atoms with van der Waals surface area (Å²) < 4.78 is 5.45. The van der Waals surface area contributed by atoms with E-state index in [1.54, 1.807) is 23.5 Å². The summed E-state index contributed by atoms with van der Waals surface area (Å²) >= 11 is 7.11. The molecule has 3 rings (SSSR count). The van der Waals surface area contributed by atoms with Crippen molar-refractivity contribution in [2.75, 3.05) is 38.2 Å². The van der Waals surface area contributed by atoms with Crippen LogP contribution in [0, 0.1) is 10.1 Å². The van der Waals surface area contributed by atoms with Gasteiger partial charge in [-0.3, -0.25) is 15.0 Å². The van der Waals surface area contributed by atoms with Crippen LogP contribution < -0.4 is 10.6 Å². The Morgan fingerprint density at radius 1 is 1.31 bits per heavy atom. The molecule has 2 aromatic rings. The zero-order valence-electron chi connectivity index (χ0n) is 14.1. The average molecular weight is 393 g/mol. The SMILES string of the molecule is O=[N+]([O-])c1ccc(NC(=S)NC[C@@H](c2cccs2)N2CCOCC2)cc1. The first-order valence-corrected chi connectivity index (χ1v) is 9.57. The minimum Gasteiger partial charge on any atom is -0.379 e. The summed E-state index contributed by atoms with van der Waals surface area (Å²) in [4.78, 5) is 14.0. The van der Waals surface area contributed by atoms with Gasteiger partial charge in [-0.05, 0) is 35.8 Å². The van der Waals surface area contributed by atoms with Crippen LogP contribution in [0.5, 0.6) is 0 Å². The predicted molar refractivity (Wildman–Crippen MR) is 107 cm³/mol. The van der Waals surface area contributed by atoms with Crippen molar-refractivity contribution in [3.8, 4) is 0 Å². The van der Waals surface area contributed by atoms with Crippen molar-refractivity contribution < 1.29 is 9.66 Å². The van der Waals surface area contributed by atoms with Crippen LogP contribution >= 0.6 is 23.6 Å². The van der Waals surface area contributed by atoms with E-state index in [-0.39, 0.29) is 11.7 Å². The lowest BCUT2D eigenvalue weighted by atomic mass is 10.2. The van der Waals surface area contributed by atoms with Gasteiger partial charge in [0.15, 0.2) is 5.11 Å². The van der Waals surface area contributed by atoms with Crippen LogP contribution in [0.15, 0.2) is 41.8 Å². The number of nitro groups is 1. The summed E-state index contributed by atoms with van der Waals surface area (Å²) in [6.45, 7) is 3.96. The summed E-state index contributed by atoms with van der Waals surface area (Å²) in [5.74, 6) is 0. The number of nitrogens with one attached hydrogen (secondary N) is 2. The number of anilines is 1. The maximum Gasteiger partial charge on any atom is 0.269 e. The van der Waals surface area contributed by atoms with Crippen LogP contribution in [0.1, 0.15) is 10.9 Å². The highest BCUT2D eigenvalue weighted by Crippen LogP contribution is 2.25. The van der Waals surface area contributed by atoms with Gasteiger partial charge in [-0.15, -0.1) is 11.3 Å². The fourth-order valence-corrected chi connectivity index (χ4v) is 3.87. The highest BCUT2D eigenvalue weighted by Gasteiger charge is 2.23. The maximum absolute atomic E-state index is 10.7. The van der Waals surface area contributed by atoms with Gasteiger partial charge in [-0.25, -0.2) is 0 Å². The van der Waals surface area contributed by atoms with Gasteiger partial charge in [0.25, 0.3) is 5.69 Å². The Hall–Kier alpha value is -2.07. The third-order valence-corrected chi connectivity index (χ3v) is 5.37. The molecule has 1 aromatic carbocycles. The Morgan fingerprint density at radius 3 is 2.65 bits per heavy atom. The molecule has 0 saturated carbocycles. The van der Waals surface area contributed by atoms with Crippen molar-refractivity contribution in [2.24, 2.45) is 0 Å². The Morgan fingerprint density at radius 2 is 2.04 bits per heavy atom. The monoisotopic (exact) mass is 392 g/mol. The second-order valence-electron chi connectivity index (χ2n) is 5.82. The van der Waals surface area contributed by atoms with Gasteiger partial charge in [-0.1, -0.05) is 6.07 Å². The van der Waals surface area contributed by atoms with Gasteiger partial charge in [0.1, 0.15) is 0 Å². The highest BCUT2D eigenvalue weighted by molar-refractivity contribution is 7.80. The molecule has 7 nitrogen and oxygen atoms in total. The first kappa shape index (κ1) is 18.7. The Balaban J connectivity index is 1.57. The Bertz CT molecular complexity index is 731. The number of thiophene rings is 1. The van der Waals surface area contributed by atoms with Gasteiger partial charge < -0.3 is 15.4 Å². The van der Waals surface area contributed by atoms with Crippen LogP contribution in [-0.4, -0.2) is 47.8 Å². The average Bonchev–Trinajstić information content (AvgIpc) is 3.17. The molecule has 1 aromatic heterocycles. The molecule has 1 atom stereocenters. The van der Waals surface area contributed by atoms with Crippen LogP contribution in [0.3, 0.4) is 0 Å². The van der Waals surface area contributed by atoms with E-state index in [4.69, 9.17) is 17.0 Å². The standard InChI is InChI=1S/C17H20N4O3S2/c22-21(23)14-5-3-13(4-6-14)19-17(25)18-12-15(16-2-1-11-26-16)20-7-9-24-10-8-20/h1-6,11,15H,7-10,12H2,(H2,18,19,25)/t15-/m0/s1. The number of nitrogens with zero attached hydrogens (tertiary/aromatic N) is 2. The molecule has 26 heavy (non-hydrogen) atoms. The van der Waals surface area contributed by atoms with E-state index in [1.807, 2.05) is 0 Å². The molecule has 2 heterocycles. The summed E-state index contributed by atoms with van der Waals surface area (Å²) in [5, 5.41) is 19.6. The fourth-order valence-electron chi connectivity index (χ4n) is 2.81. The third-order valence-electron chi connectivity index (χ3n) is 4.15. The second-order valence-corrected chi connectivity index (χ2v) is 7.21. The first-order valence-electron chi connectivity index (χ1n) is 8.28. The van der Waals surface area contributed by atoms with Crippen molar-refractivity contribution in [3.05, 3.63) is 56.8 Å². The van der Waals surface area contributed by atoms with Crippen LogP contribution in [0.2, 0.25) is 0 Å². The van der Waals surface area contributed by atoms with Crippen LogP contribution in [0.25, 0.3) is 0 Å². The molecule has 2 N–H and O–H groups in total. The fraction of sp³-hybridized carbons (Fsp3) is 0.353. The summed E-state index contributed by atoms with van der Waals surface area (Å²) in [7, 11) is 0. The maximum atomic E-state index is 10.7. The molecular formula is C17H20N4O3S2. The zero-order chi connectivity index (χ0) is 18.4. The molecule has 0 spiro atoms. The van der Waals surface area contributed by atoms with Gasteiger partial charge in [0.05, 0.1) is 24.2 Å². The van der Waals surface area contributed by atoms with Gasteiger partial charge in [-0.2, -0.15) is 0 Å². The smallest absolute Gasteiger partial charge is 0.269 e. The van der Waals surface area contributed by atoms with Crippen molar-refractivity contribution in [1.82, 2.24) is 10.2 Å². The number of non-ortho nitro benzene ring substituents is 1. The van der Waals surface area contributed by atoms with Crippen molar-refractivity contribution in [3.63, 3.8) is 0 Å². The van der Waals surface area contributed by atoms with E-state index in [2.05, 4.69) is 33.0 Å². The molecule has 0 aliphatic carbocycles. The second kappa shape index (κ2) is 9.04. The largest absolute Gasteiger partial charge is 0.379 e. The molecule has 0 bridgehead atoms. The van der Waals surface area contributed by atoms with Crippen molar-refractivity contribution in [2.45, 2.75) is 6.04 Å². The van der Waals surface area contributed by atoms with Crippen molar-refractivity contribution in [1.29, 1.82) is 0 Å². The van der Waals surface area contributed by atoms with Crippen LogP contribution in [0.4, 0.5) is 11.4 Å². The molecule has 138 valence electrons.